The Balaban J connectivity index is 2.59. The minimum Gasteiger partial charge on any atom is -0.367 e. The average molecular weight is 206 g/mol. The molecule has 0 saturated heterocycles. The van der Waals surface area contributed by atoms with Gasteiger partial charge < -0.3 is 10.3 Å². The second kappa shape index (κ2) is 3.73. The van der Waals surface area contributed by atoms with Crippen LogP contribution in [0, 0.1) is 5.82 Å². The molecule has 1 aromatic carbocycles. The van der Waals surface area contributed by atoms with Crippen molar-refractivity contribution < 1.29 is 8.91 Å². The van der Waals surface area contributed by atoms with Crippen LogP contribution in [-0.2, 0) is 6.42 Å². The molecule has 4 heteroatoms. The molecule has 0 bridgehead atoms. The number of benzene rings is 1. The molecule has 0 saturated carbocycles. The molecule has 0 spiro atoms. The summed E-state index contributed by atoms with van der Waals surface area (Å²) in [5.74, 6) is -0.0590. The van der Waals surface area contributed by atoms with Crippen LogP contribution in [0.2, 0.25) is 0 Å². The minimum atomic E-state index is -0.319. The van der Waals surface area contributed by atoms with Crippen molar-refractivity contribution in [3.8, 4) is 11.3 Å². The van der Waals surface area contributed by atoms with Gasteiger partial charge in [0.2, 0.25) is 5.88 Å². The quantitative estimate of drug-likeness (QED) is 0.821. The Morgan fingerprint density at radius 2 is 2.13 bits per heavy atom. The second-order valence-electron chi connectivity index (χ2n) is 3.21. The smallest absolute Gasteiger partial charge is 0.225 e. The largest absolute Gasteiger partial charge is 0.367 e. The molecular weight excluding hydrogens is 195 g/mol. The van der Waals surface area contributed by atoms with Gasteiger partial charge in [0.15, 0.2) is 0 Å². The molecule has 1 heterocycles. The number of hydrogen-bond acceptors (Lipinski definition) is 3. The van der Waals surface area contributed by atoms with Crippen LogP contribution in [-0.4, -0.2) is 5.16 Å². The van der Waals surface area contributed by atoms with Gasteiger partial charge in [-0.25, -0.2) is 4.39 Å². The van der Waals surface area contributed by atoms with Gasteiger partial charge in [-0.3, -0.25) is 0 Å². The first-order valence-corrected chi connectivity index (χ1v) is 4.73. The lowest BCUT2D eigenvalue weighted by Crippen LogP contribution is -1.91. The molecule has 2 aromatic rings. The standard InChI is InChI=1S/C11H11FN2O/c1-2-7-10(14-15-11(7)13)8-5-3-4-6-9(8)12/h3-6H,2,13H2,1H3. The number of nitrogens with zero attached hydrogens (tertiary/aromatic N) is 1. The zero-order valence-electron chi connectivity index (χ0n) is 8.33. The van der Waals surface area contributed by atoms with E-state index in [2.05, 4.69) is 5.16 Å². The van der Waals surface area contributed by atoms with Crippen LogP contribution >= 0.6 is 0 Å². The number of rotatable bonds is 2. The Kier molecular flexibility index (Phi) is 2.41. The topological polar surface area (TPSA) is 52.0 Å². The maximum absolute atomic E-state index is 13.5. The van der Waals surface area contributed by atoms with Crippen molar-refractivity contribution in [3.63, 3.8) is 0 Å². The molecule has 0 aliphatic rings. The molecule has 0 fully saturated rings. The fourth-order valence-electron chi connectivity index (χ4n) is 1.53. The number of anilines is 1. The van der Waals surface area contributed by atoms with Gasteiger partial charge >= 0.3 is 0 Å². The Morgan fingerprint density at radius 1 is 1.40 bits per heavy atom. The average Bonchev–Trinajstić information content (AvgIpc) is 2.60. The summed E-state index contributed by atoms with van der Waals surface area (Å²) in [4.78, 5) is 0. The van der Waals surface area contributed by atoms with Gasteiger partial charge in [-0.15, -0.1) is 0 Å². The van der Waals surface area contributed by atoms with E-state index < -0.39 is 0 Å². The molecule has 1 aromatic heterocycles. The minimum absolute atomic E-state index is 0.260. The lowest BCUT2D eigenvalue weighted by molar-refractivity contribution is 0.438. The van der Waals surface area contributed by atoms with Crippen LogP contribution in [0.15, 0.2) is 28.8 Å². The van der Waals surface area contributed by atoms with E-state index in [4.69, 9.17) is 10.3 Å². The lowest BCUT2D eigenvalue weighted by Gasteiger charge is -2.00. The van der Waals surface area contributed by atoms with E-state index in [1.54, 1.807) is 18.2 Å². The fraction of sp³-hybridized carbons (Fsp3) is 0.182. The molecular formula is C11H11FN2O. The van der Waals surface area contributed by atoms with E-state index in [1.807, 2.05) is 6.92 Å². The van der Waals surface area contributed by atoms with Crippen molar-refractivity contribution in [1.82, 2.24) is 5.16 Å². The first-order valence-electron chi connectivity index (χ1n) is 4.73. The Morgan fingerprint density at radius 3 is 2.80 bits per heavy atom. The van der Waals surface area contributed by atoms with Gasteiger partial charge in [0.05, 0.1) is 0 Å². The maximum atomic E-state index is 13.5. The molecule has 3 nitrogen and oxygen atoms in total. The molecule has 0 aliphatic heterocycles. The molecule has 78 valence electrons. The van der Waals surface area contributed by atoms with E-state index in [9.17, 15) is 4.39 Å². The summed E-state index contributed by atoms with van der Waals surface area (Å²) >= 11 is 0. The highest BCUT2D eigenvalue weighted by Gasteiger charge is 2.16. The predicted molar refractivity (Wildman–Crippen MR) is 55.7 cm³/mol. The van der Waals surface area contributed by atoms with Crippen molar-refractivity contribution in [3.05, 3.63) is 35.6 Å². The highest BCUT2D eigenvalue weighted by Crippen LogP contribution is 2.28. The Bertz CT molecular complexity index is 479. The maximum Gasteiger partial charge on any atom is 0.225 e. The van der Waals surface area contributed by atoms with Crippen LogP contribution in [0.1, 0.15) is 12.5 Å². The van der Waals surface area contributed by atoms with Crippen LogP contribution in [0.5, 0.6) is 0 Å². The van der Waals surface area contributed by atoms with E-state index in [-0.39, 0.29) is 11.7 Å². The zero-order chi connectivity index (χ0) is 10.8. The highest BCUT2D eigenvalue weighted by atomic mass is 19.1. The molecule has 0 atom stereocenters. The predicted octanol–water partition coefficient (Wildman–Crippen LogP) is 2.63. The summed E-state index contributed by atoms with van der Waals surface area (Å²) in [5.41, 5.74) is 7.26. The summed E-state index contributed by atoms with van der Waals surface area (Å²) in [6.45, 7) is 1.92. The van der Waals surface area contributed by atoms with Crippen LogP contribution in [0.4, 0.5) is 10.3 Å². The van der Waals surface area contributed by atoms with Gasteiger partial charge in [0, 0.05) is 11.1 Å². The van der Waals surface area contributed by atoms with E-state index in [1.165, 1.54) is 6.07 Å². The third kappa shape index (κ3) is 1.58. The molecule has 0 amide bonds. The summed E-state index contributed by atoms with van der Waals surface area (Å²) < 4.78 is 18.3. The highest BCUT2D eigenvalue weighted by molar-refractivity contribution is 5.67. The second-order valence-corrected chi connectivity index (χ2v) is 3.21. The molecule has 2 rings (SSSR count). The first-order chi connectivity index (χ1) is 7.24. The van der Waals surface area contributed by atoms with Gasteiger partial charge in [-0.2, -0.15) is 0 Å². The molecule has 0 unspecified atom stereocenters. The van der Waals surface area contributed by atoms with E-state index in [0.717, 1.165) is 5.56 Å². The fourth-order valence-corrected chi connectivity index (χ4v) is 1.53. The monoisotopic (exact) mass is 206 g/mol. The van der Waals surface area contributed by atoms with Gasteiger partial charge in [-0.1, -0.05) is 24.2 Å². The van der Waals surface area contributed by atoms with Crippen molar-refractivity contribution >= 4 is 5.88 Å². The van der Waals surface area contributed by atoms with Gasteiger partial charge in [0.25, 0.3) is 0 Å². The summed E-state index contributed by atoms with van der Waals surface area (Å²) in [6.07, 6.45) is 0.666. The van der Waals surface area contributed by atoms with Gasteiger partial charge in [0.1, 0.15) is 11.5 Å². The van der Waals surface area contributed by atoms with Gasteiger partial charge in [-0.05, 0) is 18.6 Å². The Hall–Kier alpha value is -1.84. The third-order valence-corrected chi connectivity index (χ3v) is 2.30. The summed E-state index contributed by atoms with van der Waals surface area (Å²) in [7, 11) is 0. The van der Waals surface area contributed by atoms with Crippen molar-refractivity contribution in [1.29, 1.82) is 0 Å². The Labute approximate surface area is 86.7 Å². The van der Waals surface area contributed by atoms with Crippen molar-refractivity contribution in [2.75, 3.05) is 5.73 Å². The zero-order valence-corrected chi connectivity index (χ0v) is 8.33. The summed E-state index contributed by atoms with van der Waals surface area (Å²) in [6, 6.07) is 6.43. The number of aromatic nitrogens is 1. The number of hydrogen-bond donors (Lipinski definition) is 1. The number of nitrogen functional groups attached to an aromatic ring is 1. The van der Waals surface area contributed by atoms with E-state index in [0.29, 0.717) is 17.7 Å². The molecule has 0 aliphatic carbocycles. The van der Waals surface area contributed by atoms with Crippen LogP contribution < -0.4 is 5.73 Å². The summed E-state index contributed by atoms with van der Waals surface area (Å²) in [5, 5.41) is 3.78. The first kappa shape index (κ1) is 9.71. The number of nitrogens with two attached hydrogens (primary N) is 1. The van der Waals surface area contributed by atoms with Crippen LogP contribution in [0.3, 0.4) is 0 Å². The van der Waals surface area contributed by atoms with Crippen molar-refractivity contribution in [2.24, 2.45) is 0 Å². The SMILES string of the molecule is CCc1c(-c2ccccc2F)noc1N. The third-order valence-electron chi connectivity index (χ3n) is 2.30. The van der Waals surface area contributed by atoms with Crippen LogP contribution in [0.25, 0.3) is 11.3 Å². The van der Waals surface area contributed by atoms with E-state index >= 15 is 0 Å². The normalized spacial score (nSPS) is 10.5. The molecule has 0 radical (unpaired) electrons. The molecule has 2 N–H and O–H groups in total. The van der Waals surface area contributed by atoms with Crippen molar-refractivity contribution in [2.45, 2.75) is 13.3 Å². The lowest BCUT2D eigenvalue weighted by atomic mass is 10.1. The molecule has 15 heavy (non-hydrogen) atoms. The number of halogens is 1.